The number of rotatable bonds is 4. The highest BCUT2D eigenvalue weighted by atomic mass is 19.1. The minimum absolute atomic E-state index is 0.112. The van der Waals surface area contributed by atoms with Crippen molar-refractivity contribution in [1.82, 2.24) is 4.90 Å². The fourth-order valence-corrected chi connectivity index (χ4v) is 2.33. The molecular formula is C14H19FN2O3. The number of hydrogen-bond donors (Lipinski definition) is 1. The van der Waals surface area contributed by atoms with Gasteiger partial charge in [-0.15, -0.1) is 0 Å². The fourth-order valence-electron chi connectivity index (χ4n) is 2.33. The molecule has 2 amide bonds. The molecule has 20 heavy (non-hydrogen) atoms. The van der Waals surface area contributed by atoms with Crippen LogP contribution in [0.3, 0.4) is 0 Å². The summed E-state index contributed by atoms with van der Waals surface area (Å²) in [6.07, 6.45) is 0.938. The zero-order chi connectivity index (χ0) is 14.5. The van der Waals surface area contributed by atoms with Crippen LogP contribution in [0.4, 0.5) is 14.9 Å². The van der Waals surface area contributed by atoms with E-state index in [1.165, 1.54) is 25.3 Å². The first-order chi connectivity index (χ1) is 9.63. The Morgan fingerprint density at radius 1 is 1.50 bits per heavy atom. The van der Waals surface area contributed by atoms with Gasteiger partial charge in [0.1, 0.15) is 0 Å². The number of halogens is 1. The normalized spacial score (nSPS) is 18.1. The van der Waals surface area contributed by atoms with Crippen molar-refractivity contribution in [2.24, 2.45) is 5.92 Å². The smallest absolute Gasteiger partial charge is 0.321 e. The van der Waals surface area contributed by atoms with Gasteiger partial charge in [0.25, 0.3) is 0 Å². The van der Waals surface area contributed by atoms with Crippen LogP contribution in [0.2, 0.25) is 0 Å². The van der Waals surface area contributed by atoms with Crippen LogP contribution in [-0.4, -0.2) is 44.8 Å². The Balaban J connectivity index is 1.95. The van der Waals surface area contributed by atoms with Crippen molar-refractivity contribution in [2.75, 3.05) is 39.2 Å². The molecule has 1 atom stereocenters. The number of likely N-dealkylation sites (tertiary alicyclic amines) is 1. The van der Waals surface area contributed by atoms with E-state index in [-0.39, 0.29) is 11.8 Å². The lowest BCUT2D eigenvalue weighted by Crippen LogP contribution is -2.33. The number of ether oxygens (including phenoxy) is 2. The van der Waals surface area contributed by atoms with Crippen LogP contribution in [0, 0.1) is 11.7 Å². The molecule has 1 N–H and O–H groups in total. The number of amides is 2. The molecule has 110 valence electrons. The average molecular weight is 282 g/mol. The van der Waals surface area contributed by atoms with Gasteiger partial charge in [-0.25, -0.2) is 9.18 Å². The van der Waals surface area contributed by atoms with Crippen molar-refractivity contribution >= 4 is 11.7 Å². The zero-order valence-electron chi connectivity index (χ0n) is 11.7. The molecule has 0 unspecified atom stereocenters. The lowest BCUT2D eigenvalue weighted by molar-refractivity contribution is 0.154. The van der Waals surface area contributed by atoms with Crippen molar-refractivity contribution in [1.29, 1.82) is 0 Å². The van der Waals surface area contributed by atoms with E-state index in [9.17, 15) is 9.18 Å². The lowest BCUT2D eigenvalue weighted by atomic mass is 10.1. The highest BCUT2D eigenvalue weighted by Crippen LogP contribution is 2.23. The number of benzene rings is 1. The summed E-state index contributed by atoms with van der Waals surface area (Å²) in [5.41, 5.74) is 0.517. The number of nitrogens with one attached hydrogen (secondary N) is 1. The summed E-state index contributed by atoms with van der Waals surface area (Å²) < 4.78 is 23.3. The van der Waals surface area contributed by atoms with Gasteiger partial charge in [-0.05, 0) is 18.6 Å². The van der Waals surface area contributed by atoms with Gasteiger partial charge in [-0.3, -0.25) is 0 Å². The first kappa shape index (κ1) is 14.6. The molecule has 1 saturated heterocycles. The number of urea groups is 1. The second-order valence-corrected chi connectivity index (χ2v) is 4.84. The Hall–Kier alpha value is -1.82. The van der Waals surface area contributed by atoms with Gasteiger partial charge in [0.05, 0.1) is 13.7 Å². The van der Waals surface area contributed by atoms with Gasteiger partial charge in [0.15, 0.2) is 11.6 Å². The van der Waals surface area contributed by atoms with Crippen LogP contribution in [0.25, 0.3) is 0 Å². The van der Waals surface area contributed by atoms with Gasteiger partial charge < -0.3 is 19.7 Å². The minimum Gasteiger partial charge on any atom is -0.494 e. The maximum atomic E-state index is 13.3. The van der Waals surface area contributed by atoms with Crippen molar-refractivity contribution in [3.8, 4) is 5.75 Å². The van der Waals surface area contributed by atoms with E-state index in [1.54, 1.807) is 12.0 Å². The molecule has 0 spiro atoms. The summed E-state index contributed by atoms with van der Waals surface area (Å²) in [7, 11) is 3.05. The number of carbonyl (C=O) groups excluding carboxylic acids is 1. The highest BCUT2D eigenvalue weighted by Gasteiger charge is 2.26. The van der Waals surface area contributed by atoms with Crippen molar-refractivity contribution in [3.63, 3.8) is 0 Å². The van der Waals surface area contributed by atoms with Gasteiger partial charge in [-0.1, -0.05) is 0 Å². The van der Waals surface area contributed by atoms with Crippen LogP contribution < -0.4 is 10.1 Å². The second kappa shape index (κ2) is 6.56. The van der Waals surface area contributed by atoms with Crippen molar-refractivity contribution in [2.45, 2.75) is 6.42 Å². The third-order valence-corrected chi connectivity index (χ3v) is 3.38. The van der Waals surface area contributed by atoms with Crippen LogP contribution in [0.15, 0.2) is 18.2 Å². The van der Waals surface area contributed by atoms with E-state index < -0.39 is 5.82 Å². The Morgan fingerprint density at radius 2 is 2.30 bits per heavy atom. The number of hydrogen-bond acceptors (Lipinski definition) is 3. The van der Waals surface area contributed by atoms with Crippen molar-refractivity contribution < 1.29 is 18.7 Å². The molecule has 1 aromatic rings. The molecule has 1 fully saturated rings. The summed E-state index contributed by atoms with van der Waals surface area (Å²) in [6, 6.07) is 4.07. The van der Waals surface area contributed by atoms with Gasteiger partial charge in [0.2, 0.25) is 0 Å². The third kappa shape index (κ3) is 3.39. The summed E-state index contributed by atoms with van der Waals surface area (Å²) in [6.45, 7) is 2.05. The van der Waals surface area contributed by atoms with Crippen LogP contribution in [0.5, 0.6) is 5.75 Å². The molecule has 6 heteroatoms. The predicted octanol–water partition coefficient (Wildman–Crippen LogP) is 2.33. The molecule has 1 aromatic carbocycles. The molecule has 5 nitrogen and oxygen atoms in total. The molecule has 0 aliphatic carbocycles. The first-order valence-electron chi connectivity index (χ1n) is 6.52. The Bertz CT molecular complexity index is 481. The molecule has 0 saturated carbocycles. The van der Waals surface area contributed by atoms with Gasteiger partial charge >= 0.3 is 6.03 Å². The standard InChI is InChI=1S/C14H19FN2O3/c1-19-9-10-5-6-17(8-10)14(18)16-11-3-4-12(15)13(7-11)20-2/h3-4,7,10H,5-6,8-9H2,1-2H3,(H,16,18)/t10-/m1/s1. The summed E-state index contributed by atoms with van der Waals surface area (Å²) in [5.74, 6) is 0.0433. The second-order valence-electron chi connectivity index (χ2n) is 4.84. The van der Waals surface area contributed by atoms with Gasteiger partial charge in [0, 0.05) is 37.9 Å². The topological polar surface area (TPSA) is 50.8 Å². The maximum Gasteiger partial charge on any atom is 0.321 e. The number of carbonyl (C=O) groups is 1. The Labute approximate surface area is 117 Å². The van der Waals surface area contributed by atoms with Gasteiger partial charge in [-0.2, -0.15) is 0 Å². The SMILES string of the molecule is COC[C@@H]1CCN(C(=O)Nc2ccc(F)c(OC)c2)C1. The number of anilines is 1. The maximum absolute atomic E-state index is 13.3. The predicted molar refractivity (Wildman–Crippen MR) is 73.5 cm³/mol. The largest absolute Gasteiger partial charge is 0.494 e. The van der Waals surface area contributed by atoms with E-state index in [0.717, 1.165) is 6.42 Å². The van der Waals surface area contributed by atoms with E-state index in [0.29, 0.717) is 31.3 Å². The molecule has 0 aromatic heterocycles. The van der Waals surface area contributed by atoms with Crippen LogP contribution in [-0.2, 0) is 4.74 Å². The third-order valence-electron chi connectivity index (χ3n) is 3.38. The number of nitrogens with zero attached hydrogens (tertiary/aromatic N) is 1. The molecule has 0 radical (unpaired) electrons. The zero-order valence-corrected chi connectivity index (χ0v) is 11.7. The minimum atomic E-state index is -0.452. The average Bonchev–Trinajstić information content (AvgIpc) is 2.90. The summed E-state index contributed by atoms with van der Waals surface area (Å²) >= 11 is 0. The van der Waals surface area contributed by atoms with E-state index in [2.05, 4.69) is 5.32 Å². The monoisotopic (exact) mass is 282 g/mol. The van der Waals surface area contributed by atoms with Crippen LogP contribution in [0.1, 0.15) is 6.42 Å². The molecule has 2 rings (SSSR count). The highest BCUT2D eigenvalue weighted by molar-refractivity contribution is 5.89. The van der Waals surface area contributed by atoms with Crippen molar-refractivity contribution in [3.05, 3.63) is 24.0 Å². The Kier molecular flexibility index (Phi) is 4.79. The molecule has 1 heterocycles. The Morgan fingerprint density at radius 3 is 3.00 bits per heavy atom. The summed E-state index contributed by atoms with van der Waals surface area (Å²) in [4.78, 5) is 13.8. The fraction of sp³-hybridized carbons (Fsp3) is 0.500. The molecule has 1 aliphatic rings. The molecular weight excluding hydrogens is 263 g/mol. The number of methoxy groups -OCH3 is 2. The molecule has 1 aliphatic heterocycles. The van der Waals surface area contributed by atoms with Crippen LogP contribution >= 0.6 is 0 Å². The van der Waals surface area contributed by atoms with E-state index in [1.807, 2.05) is 0 Å². The van der Waals surface area contributed by atoms with E-state index >= 15 is 0 Å². The molecule has 0 bridgehead atoms. The first-order valence-corrected chi connectivity index (χ1v) is 6.52. The lowest BCUT2D eigenvalue weighted by Gasteiger charge is -2.17. The van der Waals surface area contributed by atoms with E-state index in [4.69, 9.17) is 9.47 Å². The summed E-state index contributed by atoms with van der Waals surface area (Å²) in [5, 5.41) is 2.75. The quantitative estimate of drug-likeness (QED) is 0.922.